The van der Waals surface area contributed by atoms with Gasteiger partial charge < -0.3 is 9.84 Å². The second-order valence-corrected chi connectivity index (χ2v) is 6.74. The Morgan fingerprint density at radius 2 is 1.50 bits per heavy atom. The van der Waals surface area contributed by atoms with Gasteiger partial charge in [-0.1, -0.05) is 60.7 Å². The summed E-state index contributed by atoms with van der Waals surface area (Å²) < 4.78 is 6.00. The van der Waals surface area contributed by atoms with Crippen LogP contribution >= 0.6 is 0 Å². The fourth-order valence-electron chi connectivity index (χ4n) is 4.15. The number of hydrogen-bond acceptors (Lipinski definition) is 2. The molecular formula is C20H22O2. The van der Waals surface area contributed by atoms with Crippen LogP contribution in [0.25, 0.3) is 0 Å². The van der Waals surface area contributed by atoms with Crippen molar-refractivity contribution < 1.29 is 9.84 Å². The molecule has 0 aromatic heterocycles. The van der Waals surface area contributed by atoms with E-state index < -0.39 is 5.60 Å². The molecule has 114 valence electrons. The van der Waals surface area contributed by atoms with E-state index >= 15 is 0 Å². The zero-order chi connectivity index (χ0) is 15.0. The Labute approximate surface area is 131 Å². The first-order valence-corrected chi connectivity index (χ1v) is 8.20. The maximum absolute atomic E-state index is 11.6. The van der Waals surface area contributed by atoms with Gasteiger partial charge in [0.2, 0.25) is 0 Å². The van der Waals surface area contributed by atoms with E-state index in [0.717, 1.165) is 19.3 Å². The van der Waals surface area contributed by atoms with Gasteiger partial charge in [-0.05, 0) is 30.4 Å². The molecule has 1 saturated heterocycles. The third kappa shape index (κ3) is 2.27. The van der Waals surface area contributed by atoms with Crippen molar-refractivity contribution in [1.29, 1.82) is 0 Å². The molecular weight excluding hydrogens is 272 g/mol. The largest absolute Gasteiger partial charge is 0.386 e. The Hall–Kier alpha value is -1.64. The summed E-state index contributed by atoms with van der Waals surface area (Å²) in [5, 5.41) is 11.6. The molecule has 0 radical (unpaired) electrons. The molecule has 1 heterocycles. The normalized spacial score (nSPS) is 26.7. The lowest BCUT2D eigenvalue weighted by molar-refractivity contribution is -0.0406. The van der Waals surface area contributed by atoms with Crippen molar-refractivity contribution in [2.24, 2.45) is 0 Å². The lowest BCUT2D eigenvalue weighted by Gasteiger charge is -2.34. The number of rotatable bonds is 5. The highest BCUT2D eigenvalue weighted by molar-refractivity contribution is 5.29. The third-order valence-corrected chi connectivity index (χ3v) is 5.30. The summed E-state index contributed by atoms with van der Waals surface area (Å²) in [6, 6.07) is 20.6. The minimum absolute atomic E-state index is 0.255. The molecule has 1 saturated carbocycles. The number of epoxide rings is 1. The minimum atomic E-state index is -0.823. The lowest BCUT2D eigenvalue weighted by atomic mass is 9.76. The van der Waals surface area contributed by atoms with Gasteiger partial charge in [0.05, 0.1) is 6.10 Å². The van der Waals surface area contributed by atoms with Crippen molar-refractivity contribution in [2.75, 3.05) is 0 Å². The molecule has 0 bridgehead atoms. The van der Waals surface area contributed by atoms with Gasteiger partial charge in [0.25, 0.3) is 0 Å². The van der Waals surface area contributed by atoms with Gasteiger partial charge in [-0.15, -0.1) is 0 Å². The third-order valence-electron chi connectivity index (χ3n) is 5.30. The van der Waals surface area contributed by atoms with Crippen LogP contribution in [-0.2, 0) is 17.6 Å². The van der Waals surface area contributed by atoms with E-state index in [0.29, 0.717) is 12.8 Å². The van der Waals surface area contributed by atoms with E-state index in [1.165, 1.54) is 11.1 Å². The Bertz CT molecular complexity index is 596. The fourth-order valence-corrected chi connectivity index (χ4v) is 4.15. The first-order chi connectivity index (χ1) is 10.7. The van der Waals surface area contributed by atoms with Gasteiger partial charge >= 0.3 is 0 Å². The van der Waals surface area contributed by atoms with E-state index in [9.17, 15) is 5.11 Å². The van der Waals surface area contributed by atoms with Gasteiger partial charge in [-0.2, -0.15) is 0 Å². The maximum atomic E-state index is 11.6. The Kier molecular flexibility index (Phi) is 3.32. The zero-order valence-corrected chi connectivity index (χ0v) is 12.7. The molecule has 2 nitrogen and oxygen atoms in total. The van der Waals surface area contributed by atoms with Crippen molar-refractivity contribution in [3.05, 3.63) is 71.8 Å². The summed E-state index contributed by atoms with van der Waals surface area (Å²) in [4.78, 5) is 0. The Morgan fingerprint density at radius 1 is 0.955 bits per heavy atom. The van der Waals surface area contributed by atoms with Crippen LogP contribution in [0.2, 0.25) is 0 Å². The van der Waals surface area contributed by atoms with Crippen LogP contribution in [0.5, 0.6) is 0 Å². The van der Waals surface area contributed by atoms with Crippen molar-refractivity contribution in [3.8, 4) is 0 Å². The van der Waals surface area contributed by atoms with Crippen molar-refractivity contribution in [2.45, 2.75) is 49.4 Å². The SMILES string of the molecule is OC(Cc1ccccc1)(Cc1ccccc1)[C@@]12CCC[C@@H]1O2. The lowest BCUT2D eigenvalue weighted by Crippen LogP contribution is -2.49. The first kappa shape index (κ1) is 14.0. The van der Waals surface area contributed by atoms with E-state index in [2.05, 4.69) is 24.3 Å². The predicted molar refractivity (Wildman–Crippen MR) is 86.7 cm³/mol. The van der Waals surface area contributed by atoms with Crippen LogP contribution in [0.1, 0.15) is 30.4 Å². The number of ether oxygens (including phenoxy) is 1. The van der Waals surface area contributed by atoms with Crippen LogP contribution in [0.3, 0.4) is 0 Å². The number of benzene rings is 2. The van der Waals surface area contributed by atoms with Crippen LogP contribution in [0.15, 0.2) is 60.7 Å². The summed E-state index contributed by atoms with van der Waals surface area (Å²) >= 11 is 0. The summed E-state index contributed by atoms with van der Waals surface area (Å²) in [7, 11) is 0. The highest BCUT2D eigenvalue weighted by Gasteiger charge is 2.69. The Balaban J connectivity index is 1.65. The molecule has 0 spiro atoms. The van der Waals surface area contributed by atoms with Gasteiger partial charge in [-0.3, -0.25) is 0 Å². The van der Waals surface area contributed by atoms with E-state index in [1.54, 1.807) is 0 Å². The number of hydrogen-bond donors (Lipinski definition) is 1. The molecule has 22 heavy (non-hydrogen) atoms. The van der Waals surface area contributed by atoms with Gasteiger partial charge in [0.15, 0.2) is 0 Å². The molecule has 2 fully saturated rings. The predicted octanol–water partition coefficient (Wildman–Crippen LogP) is 3.52. The molecule has 2 heteroatoms. The van der Waals surface area contributed by atoms with Gasteiger partial charge in [0, 0.05) is 12.8 Å². The molecule has 1 aliphatic heterocycles. The van der Waals surface area contributed by atoms with Crippen molar-refractivity contribution in [1.82, 2.24) is 0 Å². The molecule has 2 atom stereocenters. The standard InChI is InChI=1S/C20H22O2/c21-19(14-16-8-3-1-4-9-16,15-17-10-5-2-6-11-17)20-13-7-12-18(20)22-20/h1-6,8-11,18,21H,7,12-15H2/t18-,20+/m0/s1. The molecule has 2 aliphatic rings. The smallest absolute Gasteiger partial charge is 0.124 e. The molecule has 0 amide bonds. The number of fused-ring (bicyclic) bond motifs is 1. The molecule has 1 aliphatic carbocycles. The van der Waals surface area contributed by atoms with Crippen molar-refractivity contribution >= 4 is 0 Å². The van der Waals surface area contributed by atoms with E-state index in [1.807, 2.05) is 36.4 Å². The van der Waals surface area contributed by atoms with Gasteiger partial charge in [-0.25, -0.2) is 0 Å². The monoisotopic (exact) mass is 294 g/mol. The average molecular weight is 294 g/mol. The minimum Gasteiger partial charge on any atom is -0.386 e. The topological polar surface area (TPSA) is 32.8 Å². The highest BCUT2D eigenvalue weighted by Crippen LogP contribution is 2.57. The maximum Gasteiger partial charge on any atom is 0.124 e. The summed E-state index contributed by atoms with van der Waals surface area (Å²) in [6.45, 7) is 0. The van der Waals surface area contributed by atoms with Crippen LogP contribution in [0.4, 0.5) is 0 Å². The second-order valence-electron chi connectivity index (χ2n) is 6.74. The summed E-state index contributed by atoms with van der Waals surface area (Å²) in [5.74, 6) is 0. The molecule has 4 rings (SSSR count). The Morgan fingerprint density at radius 3 is 1.91 bits per heavy atom. The van der Waals surface area contributed by atoms with Gasteiger partial charge in [0.1, 0.15) is 11.2 Å². The average Bonchev–Trinajstić information content (AvgIpc) is 3.11. The molecule has 0 unspecified atom stereocenters. The van der Waals surface area contributed by atoms with Crippen LogP contribution < -0.4 is 0 Å². The van der Waals surface area contributed by atoms with E-state index in [4.69, 9.17) is 4.74 Å². The highest BCUT2D eigenvalue weighted by atomic mass is 16.6. The van der Waals surface area contributed by atoms with Crippen molar-refractivity contribution in [3.63, 3.8) is 0 Å². The first-order valence-electron chi connectivity index (χ1n) is 8.20. The molecule has 2 aromatic rings. The van der Waals surface area contributed by atoms with Crippen LogP contribution in [-0.4, -0.2) is 22.4 Å². The summed E-state index contributed by atoms with van der Waals surface area (Å²) in [5.41, 5.74) is 1.21. The molecule has 1 N–H and O–H groups in total. The molecule has 2 aromatic carbocycles. The number of aliphatic hydroxyl groups is 1. The quantitative estimate of drug-likeness (QED) is 0.856. The van der Waals surface area contributed by atoms with E-state index in [-0.39, 0.29) is 11.7 Å². The second kappa shape index (κ2) is 5.22. The van der Waals surface area contributed by atoms with Crippen LogP contribution in [0, 0.1) is 0 Å². The summed E-state index contributed by atoms with van der Waals surface area (Å²) in [6.07, 6.45) is 4.79. The zero-order valence-electron chi connectivity index (χ0n) is 12.7. The fraction of sp³-hybridized carbons (Fsp3) is 0.400.